The van der Waals surface area contributed by atoms with Crippen LogP contribution in [0.2, 0.25) is 0 Å². The van der Waals surface area contributed by atoms with E-state index in [0.29, 0.717) is 5.92 Å². The van der Waals surface area contributed by atoms with E-state index in [4.69, 9.17) is 15.2 Å². The van der Waals surface area contributed by atoms with Crippen molar-refractivity contribution in [1.29, 1.82) is 0 Å². The average molecular weight is 320 g/mol. The van der Waals surface area contributed by atoms with E-state index in [1.54, 1.807) is 11.3 Å². The van der Waals surface area contributed by atoms with Crippen LogP contribution in [0.5, 0.6) is 0 Å². The molecule has 0 spiro atoms. The summed E-state index contributed by atoms with van der Waals surface area (Å²) in [7, 11) is 0. The first-order chi connectivity index (χ1) is 8.16. The molecule has 0 radical (unpaired) electrons. The molecular formula is C12H18BrNO2S. The van der Waals surface area contributed by atoms with Crippen molar-refractivity contribution in [3.05, 3.63) is 20.8 Å². The molecule has 0 aromatic carbocycles. The molecule has 1 aromatic rings. The Hall–Kier alpha value is 0.0600. The predicted molar refractivity (Wildman–Crippen MR) is 73.3 cm³/mol. The second kappa shape index (κ2) is 6.29. The molecule has 5 heteroatoms. The third-order valence-electron chi connectivity index (χ3n) is 2.88. The topological polar surface area (TPSA) is 44.5 Å². The maximum absolute atomic E-state index is 6.00. The van der Waals surface area contributed by atoms with Gasteiger partial charge >= 0.3 is 0 Å². The number of nitrogens with two attached hydrogens (primary N) is 1. The zero-order chi connectivity index (χ0) is 12.3. The molecule has 1 aliphatic rings. The number of halogens is 1. The number of thiophene rings is 1. The van der Waals surface area contributed by atoms with Crippen LogP contribution in [0, 0.1) is 5.92 Å². The molecule has 0 saturated carbocycles. The van der Waals surface area contributed by atoms with E-state index < -0.39 is 0 Å². The highest BCUT2D eigenvalue weighted by Gasteiger charge is 2.22. The van der Waals surface area contributed by atoms with Crippen molar-refractivity contribution in [1.82, 2.24) is 0 Å². The van der Waals surface area contributed by atoms with E-state index in [9.17, 15) is 0 Å². The van der Waals surface area contributed by atoms with Crippen molar-refractivity contribution in [2.24, 2.45) is 11.7 Å². The lowest BCUT2D eigenvalue weighted by molar-refractivity contribution is 0.0154. The third-order valence-corrected chi connectivity index (χ3v) is 4.64. The van der Waals surface area contributed by atoms with E-state index in [2.05, 4.69) is 27.4 Å². The SMILES string of the molecule is CC(N)C(OCC1CCOC1)c1cc(Br)cs1. The number of hydrogen-bond acceptors (Lipinski definition) is 4. The molecule has 3 atom stereocenters. The summed E-state index contributed by atoms with van der Waals surface area (Å²) < 4.78 is 12.4. The van der Waals surface area contributed by atoms with E-state index in [1.165, 1.54) is 4.88 Å². The zero-order valence-corrected chi connectivity index (χ0v) is 12.3. The van der Waals surface area contributed by atoms with Crippen molar-refractivity contribution in [3.8, 4) is 0 Å². The highest BCUT2D eigenvalue weighted by atomic mass is 79.9. The molecule has 2 heterocycles. The monoisotopic (exact) mass is 319 g/mol. The van der Waals surface area contributed by atoms with Gasteiger partial charge in [-0.2, -0.15) is 0 Å². The normalized spacial score (nSPS) is 23.8. The predicted octanol–water partition coefficient (Wildman–Crippen LogP) is 2.95. The van der Waals surface area contributed by atoms with Crippen LogP contribution in [-0.4, -0.2) is 25.9 Å². The first-order valence-electron chi connectivity index (χ1n) is 5.85. The number of hydrogen-bond donors (Lipinski definition) is 1. The Morgan fingerprint density at radius 2 is 2.53 bits per heavy atom. The first kappa shape index (κ1) is 13.5. The maximum Gasteiger partial charge on any atom is 0.106 e. The summed E-state index contributed by atoms with van der Waals surface area (Å²) in [5, 5.41) is 2.06. The standard InChI is InChI=1S/C12H18BrNO2S/c1-8(14)12(11-4-10(13)7-17-11)16-6-9-2-3-15-5-9/h4,7-9,12H,2-3,5-6,14H2,1H3. The van der Waals surface area contributed by atoms with Gasteiger partial charge < -0.3 is 15.2 Å². The van der Waals surface area contributed by atoms with Gasteiger partial charge in [-0.25, -0.2) is 0 Å². The van der Waals surface area contributed by atoms with Crippen LogP contribution in [0.25, 0.3) is 0 Å². The Bertz CT molecular complexity index is 350. The van der Waals surface area contributed by atoms with Gasteiger partial charge in [-0.05, 0) is 35.3 Å². The fraction of sp³-hybridized carbons (Fsp3) is 0.667. The minimum atomic E-state index is -0.00750. The summed E-state index contributed by atoms with van der Waals surface area (Å²) in [6, 6.07) is 2.09. The molecule has 1 fully saturated rings. The van der Waals surface area contributed by atoms with Gasteiger partial charge in [-0.15, -0.1) is 11.3 Å². The van der Waals surface area contributed by atoms with Gasteiger partial charge in [-0.3, -0.25) is 0 Å². The molecule has 3 nitrogen and oxygen atoms in total. The van der Waals surface area contributed by atoms with Gasteiger partial charge in [0.25, 0.3) is 0 Å². The van der Waals surface area contributed by atoms with E-state index in [1.807, 2.05) is 6.92 Å². The number of ether oxygens (including phenoxy) is 2. The van der Waals surface area contributed by atoms with Crippen molar-refractivity contribution in [2.45, 2.75) is 25.5 Å². The van der Waals surface area contributed by atoms with Crippen LogP contribution < -0.4 is 5.73 Å². The summed E-state index contributed by atoms with van der Waals surface area (Å²) in [5.41, 5.74) is 6.00. The van der Waals surface area contributed by atoms with E-state index >= 15 is 0 Å². The molecular weight excluding hydrogens is 302 g/mol. The fourth-order valence-corrected chi connectivity index (χ4v) is 3.53. The Kier molecular flexibility index (Phi) is 4.99. The second-order valence-corrected chi connectivity index (χ2v) is 6.37. The molecule has 0 bridgehead atoms. The van der Waals surface area contributed by atoms with Crippen molar-refractivity contribution in [2.75, 3.05) is 19.8 Å². The highest BCUT2D eigenvalue weighted by Crippen LogP contribution is 2.30. The Morgan fingerprint density at radius 1 is 1.71 bits per heavy atom. The molecule has 0 aliphatic carbocycles. The zero-order valence-electron chi connectivity index (χ0n) is 9.90. The summed E-state index contributed by atoms with van der Waals surface area (Å²) in [4.78, 5) is 1.19. The van der Waals surface area contributed by atoms with Crippen LogP contribution in [0.15, 0.2) is 15.9 Å². The van der Waals surface area contributed by atoms with Crippen LogP contribution in [-0.2, 0) is 9.47 Å². The van der Waals surface area contributed by atoms with Gasteiger partial charge in [0.05, 0.1) is 13.2 Å². The third kappa shape index (κ3) is 3.76. The molecule has 1 saturated heterocycles. The molecule has 96 valence electrons. The summed E-state index contributed by atoms with van der Waals surface area (Å²) in [6.07, 6.45) is 1.09. The maximum atomic E-state index is 6.00. The lowest BCUT2D eigenvalue weighted by Crippen LogP contribution is -2.28. The highest BCUT2D eigenvalue weighted by molar-refractivity contribution is 9.10. The minimum absolute atomic E-state index is 0.00266. The molecule has 2 rings (SSSR count). The minimum Gasteiger partial charge on any atom is -0.381 e. The van der Waals surface area contributed by atoms with Crippen molar-refractivity contribution >= 4 is 27.3 Å². The van der Waals surface area contributed by atoms with Gasteiger partial charge in [0, 0.05) is 33.3 Å². The molecule has 3 unspecified atom stereocenters. The molecule has 2 N–H and O–H groups in total. The largest absolute Gasteiger partial charge is 0.381 e. The molecule has 0 amide bonds. The Morgan fingerprint density at radius 3 is 3.06 bits per heavy atom. The Balaban J connectivity index is 1.92. The first-order valence-corrected chi connectivity index (χ1v) is 7.53. The average Bonchev–Trinajstić information content (AvgIpc) is 2.90. The van der Waals surface area contributed by atoms with Crippen molar-refractivity contribution < 1.29 is 9.47 Å². The Labute approximate surface area is 114 Å². The van der Waals surface area contributed by atoms with Gasteiger partial charge in [0.2, 0.25) is 0 Å². The van der Waals surface area contributed by atoms with Crippen LogP contribution >= 0.6 is 27.3 Å². The molecule has 17 heavy (non-hydrogen) atoms. The van der Waals surface area contributed by atoms with Crippen molar-refractivity contribution in [3.63, 3.8) is 0 Å². The molecule has 1 aromatic heterocycles. The van der Waals surface area contributed by atoms with Crippen LogP contribution in [0.3, 0.4) is 0 Å². The van der Waals surface area contributed by atoms with Gasteiger partial charge in [0.15, 0.2) is 0 Å². The summed E-state index contributed by atoms with van der Waals surface area (Å²) in [6.45, 7) is 4.41. The quantitative estimate of drug-likeness (QED) is 0.907. The van der Waals surface area contributed by atoms with Crippen LogP contribution in [0.1, 0.15) is 24.3 Å². The fourth-order valence-electron chi connectivity index (χ4n) is 1.93. The van der Waals surface area contributed by atoms with E-state index in [0.717, 1.165) is 30.7 Å². The summed E-state index contributed by atoms with van der Waals surface area (Å²) in [5.74, 6) is 0.527. The van der Waals surface area contributed by atoms with Gasteiger partial charge in [0.1, 0.15) is 6.10 Å². The lowest BCUT2D eigenvalue weighted by atomic mass is 10.1. The number of rotatable bonds is 5. The van der Waals surface area contributed by atoms with Gasteiger partial charge in [-0.1, -0.05) is 0 Å². The molecule has 1 aliphatic heterocycles. The second-order valence-electron chi connectivity index (χ2n) is 4.51. The van der Waals surface area contributed by atoms with Crippen LogP contribution in [0.4, 0.5) is 0 Å². The summed E-state index contributed by atoms with van der Waals surface area (Å²) >= 11 is 5.15. The lowest BCUT2D eigenvalue weighted by Gasteiger charge is -2.21. The van der Waals surface area contributed by atoms with E-state index in [-0.39, 0.29) is 12.1 Å². The smallest absolute Gasteiger partial charge is 0.106 e.